The molecule has 3 amide bonds. The van der Waals surface area contributed by atoms with Crippen molar-refractivity contribution in [1.29, 1.82) is 0 Å². The van der Waals surface area contributed by atoms with E-state index in [-0.39, 0.29) is 11.8 Å². The van der Waals surface area contributed by atoms with E-state index in [1.165, 1.54) is 0 Å². The summed E-state index contributed by atoms with van der Waals surface area (Å²) >= 11 is 0. The van der Waals surface area contributed by atoms with Crippen molar-refractivity contribution in [2.24, 2.45) is 5.92 Å². The molecule has 0 aromatic heterocycles. The van der Waals surface area contributed by atoms with Crippen LogP contribution in [0.4, 0.5) is 16.2 Å². The van der Waals surface area contributed by atoms with Crippen molar-refractivity contribution in [1.82, 2.24) is 5.32 Å². The molecule has 0 aliphatic carbocycles. The molecule has 2 rings (SSSR count). The highest BCUT2D eigenvalue weighted by Crippen LogP contribution is 2.18. The topological polar surface area (TPSA) is 96.5 Å². The van der Waals surface area contributed by atoms with Gasteiger partial charge in [-0.1, -0.05) is 26.0 Å². The van der Waals surface area contributed by atoms with Gasteiger partial charge < -0.3 is 15.4 Å². The molecule has 7 nitrogen and oxygen atoms in total. The van der Waals surface area contributed by atoms with Crippen LogP contribution < -0.4 is 16.0 Å². The summed E-state index contributed by atoms with van der Waals surface area (Å²) in [4.78, 5) is 36.9. The van der Waals surface area contributed by atoms with Crippen LogP contribution in [-0.2, 0) is 4.74 Å². The largest absolute Gasteiger partial charge is 0.444 e. The Morgan fingerprint density at radius 3 is 2.13 bits per heavy atom. The van der Waals surface area contributed by atoms with Gasteiger partial charge in [-0.15, -0.1) is 0 Å². The zero-order valence-electron chi connectivity index (χ0n) is 18.0. The number of ether oxygens (including phenoxy) is 1. The van der Waals surface area contributed by atoms with Gasteiger partial charge in [0.1, 0.15) is 5.60 Å². The van der Waals surface area contributed by atoms with Crippen LogP contribution in [0.3, 0.4) is 0 Å². The summed E-state index contributed by atoms with van der Waals surface area (Å²) in [7, 11) is 0. The van der Waals surface area contributed by atoms with Crippen LogP contribution in [0.5, 0.6) is 0 Å². The predicted molar refractivity (Wildman–Crippen MR) is 118 cm³/mol. The molecule has 0 aliphatic heterocycles. The van der Waals surface area contributed by atoms with Gasteiger partial charge in [-0.05, 0) is 63.1 Å². The number of rotatable bonds is 6. The van der Waals surface area contributed by atoms with Crippen LogP contribution in [0.25, 0.3) is 0 Å². The van der Waals surface area contributed by atoms with Crippen LogP contribution in [0, 0.1) is 5.92 Å². The highest BCUT2D eigenvalue weighted by atomic mass is 16.6. The smallest absolute Gasteiger partial charge is 0.412 e. The molecular formula is C23H29N3O4. The monoisotopic (exact) mass is 411 g/mol. The molecule has 3 N–H and O–H groups in total. The maximum atomic E-state index is 12.6. The second-order valence-corrected chi connectivity index (χ2v) is 8.31. The molecule has 7 heteroatoms. The summed E-state index contributed by atoms with van der Waals surface area (Å²) in [5.74, 6) is -0.275. The third-order valence-corrected chi connectivity index (χ3v) is 3.88. The quantitative estimate of drug-likeness (QED) is 0.643. The molecule has 2 aromatic rings. The first-order valence-electron chi connectivity index (χ1n) is 9.84. The number of hydrogen-bond donors (Lipinski definition) is 3. The highest BCUT2D eigenvalue weighted by molar-refractivity contribution is 6.09. The van der Waals surface area contributed by atoms with Crippen molar-refractivity contribution in [3.8, 4) is 0 Å². The second-order valence-electron chi connectivity index (χ2n) is 8.31. The van der Waals surface area contributed by atoms with E-state index >= 15 is 0 Å². The van der Waals surface area contributed by atoms with Crippen LogP contribution in [0.2, 0.25) is 0 Å². The van der Waals surface area contributed by atoms with Crippen LogP contribution in [-0.4, -0.2) is 30.1 Å². The molecule has 2 aromatic carbocycles. The van der Waals surface area contributed by atoms with E-state index in [1.54, 1.807) is 69.3 Å². The van der Waals surface area contributed by atoms with Crippen molar-refractivity contribution < 1.29 is 19.1 Å². The predicted octanol–water partition coefficient (Wildman–Crippen LogP) is 4.67. The molecule has 30 heavy (non-hydrogen) atoms. The first kappa shape index (κ1) is 22.9. The normalized spacial score (nSPS) is 11.0. The Morgan fingerprint density at radius 2 is 1.53 bits per heavy atom. The Kier molecular flexibility index (Phi) is 7.58. The zero-order chi connectivity index (χ0) is 22.3. The summed E-state index contributed by atoms with van der Waals surface area (Å²) in [5.41, 5.74) is 1.13. The fourth-order valence-corrected chi connectivity index (χ4v) is 2.50. The Labute approximate surface area is 177 Å². The number of nitrogens with one attached hydrogen (secondary N) is 3. The first-order valence-corrected chi connectivity index (χ1v) is 9.84. The number of para-hydroxylation sites is 1. The third-order valence-electron chi connectivity index (χ3n) is 3.88. The summed E-state index contributed by atoms with van der Waals surface area (Å²) in [5, 5.41) is 8.24. The first-order chi connectivity index (χ1) is 14.0. The lowest BCUT2D eigenvalue weighted by molar-refractivity contribution is 0.0635. The fourth-order valence-electron chi connectivity index (χ4n) is 2.50. The highest BCUT2D eigenvalue weighted by Gasteiger charge is 2.17. The summed E-state index contributed by atoms with van der Waals surface area (Å²) in [6, 6.07) is 13.2. The lowest BCUT2D eigenvalue weighted by Gasteiger charge is -2.19. The molecule has 0 unspecified atom stereocenters. The van der Waals surface area contributed by atoms with E-state index in [0.29, 0.717) is 35.0 Å². The molecule has 0 heterocycles. The van der Waals surface area contributed by atoms with Gasteiger partial charge in [0.05, 0.1) is 11.3 Å². The molecule has 0 spiro atoms. The minimum Gasteiger partial charge on any atom is -0.444 e. The average Bonchev–Trinajstić information content (AvgIpc) is 2.65. The molecule has 0 aliphatic rings. The van der Waals surface area contributed by atoms with E-state index in [2.05, 4.69) is 16.0 Å². The van der Waals surface area contributed by atoms with E-state index < -0.39 is 11.7 Å². The van der Waals surface area contributed by atoms with Gasteiger partial charge in [0.15, 0.2) is 0 Å². The van der Waals surface area contributed by atoms with Gasteiger partial charge in [-0.2, -0.15) is 0 Å². The SMILES string of the molecule is CC(C)CNC(=O)c1ccccc1NC(=O)c1ccc(NC(=O)OC(C)(C)C)cc1. The minimum absolute atomic E-state index is 0.239. The van der Waals surface area contributed by atoms with Gasteiger partial charge in [-0.25, -0.2) is 4.79 Å². The molecule has 0 radical (unpaired) electrons. The molecule has 0 fully saturated rings. The van der Waals surface area contributed by atoms with Crippen molar-refractivity contribution in [2.75, 3.05) is 17.2 Å². The van der Waals surface area contributed by atoms with Gasteiger partial charge in [-0.3, -0.25) is 14.9 Å². The van der Waals surface area contributed by atoms with Gasteiger partial charge in [0.2, 0.25) is 0 Å². The number of benzene rings is 2. The van der Waals surface area contributed by atoms with Crippen molar-refractivity contribution in [3.05, 3.63) is 59.7 Å². The average molecular weight is 412 g/mol. The molecular weight excluding hydrogens is 382 g/mol. The van der Waals surface area contributed by atoms with Crippen LogP contribution >= 0.6 is 0 Å². The molecule has 0 atom stereocenters. The summed E-state index contributed by atoms with van der Waals surface area (Å²) in [6.45, 7) is 9.90. The van der Waals surface area contributed by atoms with E-state index in [0.717, 1.165) is 0 Å². The number of carbonyl (C=O) groups is 3. The van der Waals surface area contributed by atoms with Crippen LogP contribution in [0.15, 0.2) is 48.5 Å². The third kappa shape index (κ3) is 7.24. The molecule has 0 saturated heterocycles. The number of amides is 3. The second kappa shape index (κ2) is 9.91. The van der Waals surface area contributed by atoms with Crippen LogP contribution in [0.1, 0.15) is 55.3 Å². The van der Waals surface area contributed by atoms with Gasteiger partial charge >= 0.3 is 6.09 Å². The lowest BCUT2D eigenvalue weighted by atomic mass is 10.1. The van der Waals surface area contributed by atoms with E-state index in [4.69, 9.17) is 4.74 Å². The van der Waals surface area contributed by atoms with Gasteiger partial charge in [0, 0.05) is 17.8 Å². The van der Waals surface area contributed by atoms with E-state index in [1.807, 2.05) is 13.8 Å². The number of hydrogen-bond acceptors (Lipinski definition) is 4. The van der Waals surface area contributed by atoms with Crippen molar-refractivity contribution in [3.63, 3.8) is 0 Å². The standard InChI is InChI=1S/C23H29N3O4/c1-15(2)14-24-21(28)18-8-6-7-9-19(18)26-20(27)16-10-12-17(13-11-16)25-22(29)30-23(3,4)5/h6-13,15H,14H2,1-5H3,(H,24,28)(H,25,29)(H,26,27). The molecule has 0 saturated carbocycles. The summed E-state index contributed by atoms with van der Waals surface area (Å²) in [6.07, 6.45) is -0.568. The Morgan fingerprint density at radius 1 is 0.900 bits per heavy atom. The molecule has 160 valence electrons. The maximum absolute atomic E-state index is 12.6. The number of carbonyl (C=O) groups excluding carboxylic acids is 3. The number of anilines is 2. The van der Waals surface area contributed by atoms with E-state index in [9.17, 15) is 14.4 Å². The Balaban J connectivity index is 2.05. The zero-order valence-corrected chi connectivity index (χ0v) is 18.0. The van der Waals surface area contributed by atoms with Crippen molar-refractivity contribution in [2.45, 2.75) is 40.2 Å². The Hall–Kier alpha value is -3.35. The summed E-state index contributed by atoms with van der Waals surface area (Å²) < 4.78 is 5.20. The molecule has 0 bridgehead atoms. The van der Waals surface area contributed by atoms with Gasteiger partial charge in [0.25, 0.3) is 11.8 Å². The fraction of sp³-hybridized carbons (Fsp3) is 0.348. The maximum Gasteiger partial charge on any atom is 0.412 e. The lowest BCUT2D eigenvalue weighted by Crippen LogP contribution is -2.28. The van der Waals surface area contributed by atoms with Crippen molar-refractivity contribution >= 4 is 29.3 Å². The Bertz CT molecular complexity index is 899. The minimum atomic E-state index is -0.598.